The first-order chi connectivity index (χ1) is 7.43. The van der Waals surface area contributed by atoms with E-state index in [0.29, 0.717) is 5.92 Å². The molecule has 0 amide bonds. The molecule has 0 aromatic rings. The Morgan fingerprint density at radius 2 is 1.81 bits per heavy atom. The zero-order chi connectivity index (χ0) is 11.6. The van der Waals surface area contributed by atoms with Crippen LogP contribution in [0.2, 0.25) is 0 Å². The Hall–Kier alpha value is -0.240. The molecule has 0 radical (unpaired) electrons. The van der Waals surface area contributed by atoms with Crippen molar-refractivity contribution in [1.29, 1.82) is 0 Å². The quantitative estimate of drug-likeness (QED) is 0.522. The van der Waals surface area contributed by atoms with E-state index in [-0.39, 0.29) is 16.4 Å². The lowest BCUT2D eigenvalue weighted by molar-refractivity contribution is -0.196. The Balaban J connectivity index is 1.98. The van der Waals surface area contributed by atoms with Crippen molar-refractivity contribution in [2.75, 3.05) is 0 Å². The minimum atomic E-state index is -0.366. The Kier molecular flexibility index (Phi) is 2.15. The molecule has 0 spiro atoms. The summed E-state index contributed by atoms with van der Waals surface area (Å²) in [6.07, 6.45) is 5.77. The smallest absolute Gasteiger partial charge is 0.303 e. The number of rotatable bonds is 1. The van der Waals surface area contributed by atoms with Crippen LogP contribution in [0.15, 0.2) is 0 Å². The maximum absolute atomic E-state index is 11.3. The lowest BCUT2D eigenvalue weighted by Crippen LogP contribution is -2.66. The number of carbonyl (C=O) groups is 1. The maximum Gasteiger partial charge on any atom is 0.303 e. The van der Waals surface area contributed by atoms with Gasteiger partial charge in [0.15, 0.2) is 0 Å². The van der Waals surface area contributed by atoms with Crippen LogP contribution in [-0.2, 0) is 9.53 Å². The van der Waals surface area contributed by atoms with Gasteiger partial charge in [0.25, 0.3) is 0 Å². The third-order valence-electron chi connectivity index (χ3n) is 5.14. The molecule has 0 saturated heterocycles. The third kappa shape index (κ3) is 1.28. The van der Waals surface area contributed by atoms with Gasteiger partial charge in [-0.3, -0.25) is 4.79 Å². The van der Waals surface area contributed by atoms with E-state index >= 15 is 0 Å². The van der Waals surface area contributed by atoms with Gasteiger partial charge in [-0.25, -0.2) is 0 Å². The van der Waals surface area contributed by atoms with Crippen molar-refractivity contribution in [2.45, 2.75) is 56.4 Å². The molecule has 90 valence electrons. The van der Waals surface area contributed by atoms with E-state index in [1.165, 1.54) is 26.2 Å². The average molecular weight is 243 g/mol. The highest BCUT2D eigenvalue weighted by Crippen LogP contribution is 2.63. The van der Waals surface area contributed by atoms with Crippen LogP contribution in [-0.4, -0.2) is 16.4 Å². The van der Waals surface area contributed by atoms with Gasteiger partial charge in [0, 0.05) is 6.92 Å². The summed E-state index contributed by atoms with van der Waals surface area (Å²) in [5.41, 5.74) is -0.366. The second-order valence-corrected chi connectivity index (χ2v) is 6.99. The molecule has 4 bridgehead atoms. The second-order valence-electron chi connectivity index (χ2n) is 6.21. The van der Waals surface area contributed by atoms with E-state index < -0.39 is 0 Å². The number of hydrogen-bond acceptors (Lipinski definition) is 2. The van der Waals surface area contributed by atoms with Gasteiger partial charge in [0.1, 0.15) is 5.60 Å². The third-order valence-corrected chi connectivity index (χ3v) is 5.79. The maximum atomic E-state index is 11.3. The fourth-order valence-corrected chi connectivity index (χ4v) is 4.96. The first-order valence-electron chi connectivity index (χ1n) is 6.31. The van der Waals surface area contributed by atoms with Gasteiger partial charge in [-0.1, -0.05) is 0 Å². The Labute approximate surface area is 102 Å². The monoisotopic (exact) mass is 242 g/mol. The molecule has 0 heterocycles. The summed E-state index contributed by atoms with van der Waals surface area (Å²) in [6, 6.07) is 0. The highest BCUT2D eigenvalue weighted by molar-refractivity contribution is 6.25. The molecule has 4 aliphatic rings. The van der Waals surface area contributed by atoms with Gasteiger partial charge in [-0.2, -0.15) is 0 Å². The van der Waals surface area contributed by atoms with Gasteiger partial charge < -0.3 is 4.74 Å². The second kappa shape index (κ2) is 3.16. The first kappa shape index (κ1) is 10.9. The van der Waals surface area contributed by atoms with Gasteiger partial charge >= 0.3 is 5.97 Å². The molecule has 16 heavy (non-hydrogen) atoms. The largest absolute Gasteiger partial charge is 0.457 e. The van der Waals surface area contributed by atoms with Crippen LogP contribution < -0.4 is 0 Å². The predicted molar refractivity (Wildman–Crippen MR) is 62.3 cm³/mol. The van der Waals surface area contributed by atoms with Crippen molar-refractivity contribution in [3.05, 3.63) is 0 Å². The molecule has 2 nitrogen and oxygen atoms in total. The van der Waals surface area contributed by atoms with Crippen molar-refractivity contribution < 1.29 is 9.53 Å². The minimum absolute atomic E-state index is 0.172. The number of hydrogen-bond donors (Lipinski definition) is 0. The van der Waals surface area contributed by atoms with Crippen LogP contribution in [0.1, 0.15) is 46.0 Å². The van der Waals surface area contributed by atoms with Crippen LogP contribution in [0.5, 0.6) is 0 Å². The Morgan fingerprint density at radius 3 is 2.31 bits per heavy atom. The topological polar surface area (TPSA) is 26.3 Å². The van der Waals surface area contributed by atoms with Gasteiger partial charge in [-0.05, 0) is 56.8 Å². The van der Waals surface area contributed by atoms with Crippen LogP contribution >= 0.6 is 11.6 Å². The van der Waals surface area contributed by atoms with Crippen LogP contribution in [0.25, 0.3) is 0 Å². The molecular formula is C13H19ClO2. The Bertz CT molecular complexity index is 323. The summed E-state index contributed by atoms with van der Waals surface area (Å²) in [7, 11) is 0. The van der Waals surface area contributed by atoms with Crippen LogP contribution in [0.4, 0.5) is 0 Å². The molecular weight excluding hydrogens is 224 g/mol. The summed E-state index contributed by atoms with van der Waals surface area (Å²) in [5, 5.41) is 0. The van der Waals surface area contributed by atoms with Crippen LogP contribution in [0, 0.1) is 17.8 Å². The molecule has 0 N–H and O–H groups in total. The van der Waals surface area contributed by atoms with E-state index in [9.17, 15) is 4.79 Å². The summed E-state index contributed by atoms with van der Waals surface area (Å²) in [5.74, 6) is 1.85. The van der Waals surface area contributed by atoms with Gasteiger partial charge in [0.05, 0.1) is 4.87 Å². The highest BCUT2D eigenvalue weighted by atomic mass is 35.5. The molecule has 3 unspecified atom stereocenters. The standard InChI is InChI=1S/C13H19ClO2/c1-8(15)16-13-6-9-3-10(7-13)5-11(4-9)12(13,2)14/h9-11H,3-7H2,1-2H3. The lowest BCUT2D eigenvalue weighted by atomic mass is 9.49. The Morgan fingerprint density at radius 1 is 1.25 bits per heavy atom. The van der Waals surface area contributed by atoms with Crippen molar-refractivity contribution in [3.8, 4) is 0 Å². The van der Waals surface area contributed by atoms with Gasteiger partial charge in [0.2, 0.25) is 0 Å². The summed E-state index contributed by atoms with van der Waals surface area (Å²) in [6.45, 7) is 3.59. The SMILES string of the molecule is CC(=O)OC12CC3CC(CC(C3)C1(C)Cl)C2. The molecule has 3 heteroatoms. The van der Waals surface area contributed by atoms with Crippen molar-refractivity contribution in [2.24, 2.45) is 17.8 Å². The highest BCUT2D eigenvalue weighted by Gasteiger charge is 2.64. The number of halogens is 1. The van der Waals surface area contributed by atoms with Crippen molar-refractivity contribution >= 4 is 17.6 Å². The average Bonchev–Trinajstić information content (AvgIpc) is 2.12. The fourth-order valence-electron chi connectivity index (χ4n) is 4.59. The lowest BCUT2D eigenvalue weighted by Gasteiger charge is -2.63. The zero-order valence-corrected chi connectivity index (χ0v) is 10.7. The predicted octanol–water partition coefficient (Wildman–Crippen LogP) is 3.13. The van der Waals surface area contributed by atoms with E-state index in [4.69, 9.17) is 16.3 Å². The van der Waals surface area contributed by atoms with Crippen molar-refractivity contribution in [3.63, 3.8) is 0 Å². The van der Waals surface area contributed by atoms with Crippen LogP contribution in [0.3, 0.4) is 0 Å². The van der Waals surface area contributed by atoms with E-state index in [0.717, 1.165) is 24.7 Å². The van der Waals surface area contributed by atoms with Gasteiger partial charge in [-0.15, -0.1) is 11.6 Å². The number of alkyl halides is 1. The summed E-state index contributed by atoms with van der Waals surface area (Å²) in [4.78, 5) is 11.0. The number of carbonyl (C=O) groups excluding carboxylic acids is 1. The van der Waals surface area contributed by atoms with E-state index in [1.807, 2.05) is 0 Å². The molecule has 3 atom stereocenters. The molecule has 4 rings (SSSR count). The summed E-state index contributed by atoms with van der Waals surface area (Å²) < 4.78 is 5.69. The molecule has 4 aliphatic carbocycles. The molecule has 0 aromatic carbocycles. The molecule has 0 aliphatic heterocycles. The molecule has 4 fully saturated rings. The van der Waals surface area contributed by atoms with Crippen molar-refractivity contribution in [1.82, 2.24) is 0 Å². The normalized spacial score (nSPS) is 54.1. The molecule has 4 saturated carbocycles. The number of ether oxygens (including phenoxy) is 1. The summed E-state index contributed by atoms with van der Waals surface area (Å²) >= 11 is 6.75. The molecule has 0 aromatic heterocycles. The minimum Gasteiger partial charge on any atom is -0.457 e. The fraction of sp³-hybridized carbons (Fsp3) is 0.923. The van der Waals surface area contributed by atoms with E-state index in [2.05, 4.69) is 6.92 Å². The number of esters is 1. The zero-order valence-electron chi connectivity index (χ0n) is 9.96. The first-order valence-corrected chi connectivity index (χ1v) is 6.69. The van der Waals surface area contributed by atoms with E-state index in [1.54, 1.807) is 0 Å².